The van der Waals surface area contributed by atoms with Crippen molar-refractivity contribution in [1.29, 1.82) is 0 Å². The molecule has 0 atom stereocenters. The molecule has 0 bridgehead atoms. The van der Waals surface area contributed by atoms with Gasteiger partial charge in [0.05, 0.1) is 11.4 Å². The number of aromatic amines is 1. The first kappa shape index (κ1) is 18.7. The van der Waals surface area contributed by atoms with Crippen LogP contribution in [0, 0.1) is 6.92 Å². The van der Waals surface area contributed by atoms with E-state index >= 15 is 0 Å². The van der Waals surface area contributed by atoms with Crippen LogP contribution in [0.3, 0.4) is 0 Å². The molecule has 4 rings (SSSR count). The molecule has 0 aliphatic carbocycles. The number of hydrogen-bond acceptors (Lipinski definition) is 3. The molecule has 0 fully saturated rings. The number of rotatable bonds is 3. The second kappa shape index (κ2) is 7.09. The predicted molar refractivity (Wildman–Crippen MR) is 105 cm³/mol. The number of benzene rings is 2. The van der Waals surface area contributed by atoms with Gasteiger partial charge in [-0.3, -0.25) is 9.78 Å². The van der Waals surface area contributed by atoms with E-state index < -0.39 is 6.36 Å². The highest BCUT2D eigenvalue weighted by atomic mass is 19.4. The molecule has 146 valence electrons. The van der Waals surface area contributed by atoms with Crippen molar-refractivity contribution in [1.82, 2.24) is 9.97 Å². The fraction of sp³-hybridized carbons (Fsp3) is 0.0909. The number of aromatic nitrogens is 2. The minimum absolute atomic E-state index is 0.0551. The van der Waals surface area contributed by atoms with E-state index in [0.717, 1.165) is 11.1 Å². The lowest BCUT2D eigenvalue weighted by molar-refractivity contribution is -0.274. The van der Waals surface area contributed by atoms with Crippen LogP contribution in [0.25, 0.3) is 33.4 Å². The molecule has 0 spiro atoms. The van der Waals surface area contributed by atoms with Gasteiger partial charge in [0.1, 0.15) is 5.75 Å². The summed E-state index contributed by atoms with van der Waals surface area (Å²) in [6.45, 7) is 1.75. The molecular weight excluding hydrogens is 381 g/mol. The summed E-state index contributed by atoms with van der Waals surface area (Å²) in [7, 11) is 0. The van der Waals surface area contributed by atoms with Gasteiger partial charge in [0.15, 0.2) is 5.43 Å². The maximum atomic E-state index is 12.6. The van der Waals surface area contributed by atoms with Crippen LogP contribution in [0.4, 0.5) is 13.2 Å². The fourth-order valence-corrected chi connectivity index (χ4v) is 3.15. The molecule has 7 heteroatoms. The van der Waals surface area contributed by atoms with Crippen molar-refractivity contribution in [2.24, 2.45) is 0 Å². The van der Waals surface area contributed by atoms with E-state index in [4.69, 9.17) is 0 Å². The highest BCUT2D eigenvalue weighted by molar-refractivity contribution is 5.82. The number of nitrogens with zero attached hydrogens (tertiary/aromatic N) is 1. The lowest BCUT2D eigenvalue weighted by Crippen LogP contribution is -2.16. The smallest absolute Gasteiger partial charge is 0.406 e. The van der Waals surface area contributed by atoms with Gasteiger partial charge in [0.25, 0.3) is 0 Å². The molecule has 4 aromatic rings. The SMILES string of the molecule is Cc1c(-c2ccc(-c3ccc(OC(F)(F)F)cc3)cn2)[nH]c2ccccc2c1=O. The van der Waals surface area contributed by atoms with Crippen LogP contribution in [-0.4, -0.2) is 16.3 Å². The third kappa shape index (κ3) is 3.85. The average molecular weight is 396 g/mol. The molecule has 2 aromatic heterocycles. The molecule has 1 N–H and O–H groups in total. The molecule has 2 aromatic carbocycles. The number of alkyl halides is 3. The highest BCUT2D eigenvalue weighted by Gasteiger charge is 2.30. The van der Waals surface area contributed by atoms with Gasteiger partial charge >= 0.3 is 6.36 Å². The zero-order chi connectivity index (χ0) is 20.6. The number of pyridine rings is 2. The van der Waals surface area contributed by atoms with E-state index in [0.29, 0.717) is 27.9 Å². The van der Waals surface area contributed by atoms with Crippen molar-refractivity contribution < 1.29 is 17.9 Å². The van der Waals surface area contributed by atoms with Gasteiger partial charge in [-0.05, 0) is 42.8 Å². The van der Waals surface area contributed by atoms with Gasteiger partial charge in [-0.15, -0.1) is 13.2 Å². The Morgan fingerprint density at radius 1 is 0.931 bits per heavy atom. The van der Waals surface area contributed by atoms with Crippen LogP contribution in [0.1, 0.15) is 5.56 Å². The first-order valence-electron chi connectivity index (χ1n) is 8.76. The monoisotopic (exact) mass is 396 g/mol. The maximum absolute atomic E-state index is 12.6. The van der Waals surface area contributed by atoms with Crippen LogP contribution in [0.15, 0.2) is 71.7 Å². The Hall–Kier alpha value is -3.61. The Morgan fingerprint density at radius 2 is 1.62 bits per heavy atom. The first-order valence-corrected chi connectivity index (χ1v) is 8.76. The third-order valence-electron chi connectivity index (χ3n) is 4.59. The Bertz CT molecular complexity index is 1230. The Labute approximate surface area is 163 Å². The summed E-state index contributed by atoms with van der Waals surface area (Å²) in [6.07, 6.45) is -3.11. The van der Waals surface area contributed by atoms with Crippen molar-refractivity contribution in [3.63, 3.8) is 0 Å². The van der Waals surface area contributed by atoms with E-state index in [1.54, 1.807) is 31.3 Å². The zero-order valence-corrected chi connectivity index (χ0v) is 15.2. The third-order valence-corrected chi connectivity index (χ3v) is 4.59. The number of hydrogen-bond donors (Lipinski definition) is 1. The van der Waals surface area contributed by atoms with E-state index in [-0.39, 0.29) is 11.2 Å². The van der Waals surface area contributed by atoms with Crippen LogP contribution < -0.4 is 10.2 Å². The average Bonchev–Trinajstić information content (AvgIpc) is 2.70. The number of fused-ring (bicyclic) bond motifs is 1. The lowest BCUT2D eigenvalue weighted by Gasteiger charge is -2.10. The minimum Gasteiger partial charge on any atom is -0.406 e. The quantitative estimate of drug-likeness (QED) is 0.500. The van der Waals surface area contributed by atoms with Crippen molar-refractivity contribution in [3.8, 4) is 28.3 Å². The molecule has 0 amide bonds. The van der Waals surface area contributed by atoms with Gasteiger partial charge in [-0.25, -0.2) is 0 Å². The first-order chi connectivity index (χ1) is 13.8. The predicted octanol–water partition coefficient (Wildman–Crippen LogP) is 5.46. The Morgan fingerprint density at radius 3 is 2.28 bits per heavy atom. The molecular formula is C22H15F3N2O2. The highest BCUT2D eigenvalue weighted by Crippen LogP contribution is 2.27. The van der Waals surface area contributed by atoms with E-state index in [1.165, 1.54) is 24.3 Å². The molecule has 2 heterocycles. The second-order valence-corrected chi connectivity index (χ2v) is 6.50. The molecule has 29 heavy (non-hydrogen) atoms. The number of para-hydroxylation sites is 1. The number of nitrogens with one attached hydrogen (secondary N) is 1. The van der Waals surface area contributed by atoms with Crippen LogP contribution in [0.5, 0.6) is 5.75 Å². The minimum atomic E-state index is -4.72. The van der Waals surface area contributed by atoms with E-state index in [9.17, 15) is 18.0 Å². The van der Waals surface area contributed by atoms with Crippen molar-refractivity contribution in [2.45, 2.75) is 13.3 Å². The van der Waals surface area contributed by atoms with Crippen LogP contribution >= 0.6 is 0 Å². The number of halogens is 3. The molecule has 0 radical (unpaired) electrons. The largest absolute Gasteiger partial charge is 0.573 e. The van der Waals surface area contributed by atoms with Gasteiger partial charge in [-0.1, -0.05) is 30.3 Å². The molecule has 0 aliphatic heterocycles. The topological polar surface area (TPSA) is 55.0 Å². The number of ether oxygens (including phenoxy) is 1. The van der Waals surface area contributed by atoms with Gasteiger partial charge in [-0.2, -0.15) is 0 Å². The standard InChI is InChI=1S/C22H15F3N2O2/c1-13-20(27-18-5-3-2-4-17(18)21(13)28)19-11-8-15(12-26-19)14-6-9-16(10-7-14)29-22(23,24)25/h2-12H,1H3,(H,27,28). The molecule has 4 nitrogen and oxygen atoms in total. The summed E-state index contributed by atoms with van der Waals surface area (Å²) >= 11 is 0. The van der Waals surface area contributed by atoms with Crippen LogP contribution in [0.2, 0.25) is 0 Å². The molecule has 0 saturated carbocycles. The second-order valence-electron chi connectivity index (χ2n) is 6.50. The molecule has 0 saturated heterocycles. The molecule has 0 aliphatic rings. The number of H-pyrrole nitrogens is 1. The summed E-state index contributed by atoms with van der Waals surface area (Å²) < 4.78 is 40.7. The van der Waals surface area contributed by atoms with Gasteiger partial charge in [0, 0.05) is 28.2 Å². The lowest BCUT2D eigenvalue weighted by atomic mass is 10.0. The van der Waals surface area contributed by atoms with Crippen molar-refractivity contribution >= 4 is 10.9 Å². The summed E-state index contributed by atoms with van der Waals surface area (Å²) in [5, 5.41) is 0.617. The van der Waals surface area contributed by atoms with E-state index in [2.05, 4.69) is 14.7 Å². The van der Waals surface area contributed by atoms with Gasteiger partial charge < -0.3 is 9.72 Å². The Balaban J connectivity index is 1.66. The van der Waals surface area contributed by atoms with E-state index in [1.807, 2.05) is 18.2 Å². The molecule has 0 unspecified atom stereocenters. The summed E-state index contributed by atoms with van der Waals surface area (Å²) in [5.41, 5.74) is 3.90. The van der Waals surface area contributed by atoms with Crippen molar-refractivity contribution in [2.75, 3.05) is 0 Å². The van der Waals surface area contributed by atoms with Gasteiger partial charge in [0.2, 0.25) is 0 Å². The fourth-order valence-electron chi connectivity index (χ4n) is 3.15. The normalized spacial score (nSPS) is 11.6. The maximum Gasteiger partial charge on any atom is 0.573 e. The summed E-state index contributed by atoms with van der Waals surface area (Å²) in [6, 6.07) is 16.4. The summed E-state index contributed by atoms with van der Waals surface area (Å²) in [5.74, 6) is -0.282. The summed E-state index contributed by atoms with van der Waals surface area (Å²) in [4.78, 5) is 20.3. The zero-order valence-electron chi connectivity index (χ0n) is 15.2. The Kier molecular flexibility index (Phi) is 4.58. The van der Waals surface area contributed by atoms with Crippen LogP contribution in [-0.2, 0) is 0 Å². The van der Waals surface area contributed by atoms with Crippen molar-refractivity contribution in [3.05, 3.63) is 82.6 Å².